The van der Waals surface area contributed by atoms with Gasteiger partial charge < -0.3 is 8.83 Å². The number of rotatable bonds is 0. The number of fused-ring (bicyclic) bond motifs is 4. The molecule has 24 heavy (non-hydrogen) atoms. The van der Waals surface area contributed by atoms with Crippen molar-refractivity contribution in [3.05, 3.63) is 81.1 Å². The van der Waals surface area contributed by atoms with Crippen molar-refractivity contribution in [1.29, 1.82) is 0 Å². The highest BCUT2D eigenvalue weighted by atomic mass is 16.3. The van der Waals surface area contributed by atoms with Crippen molar-refractivity contribution in [1.82, 2.24) is 0 Å². The Hall–Kier alpha value is -3.40. The van der Waals surface area contributed by atoms with Crippen LogP contribution in [0.15, 0.2) is 79.1 Å². The second-order valence-corrected chi connectivity index (χ2v) is 5.70. The first kappa shape index (κ1) is 13.1. The minimum atomic E-state index is -0.135. The zero-order chi connectivity index (χ0) is 16.3. The fourth-order valence-corrected chi connectivity index (χ4v) is 3.10. The van der Waals surface area contributed by atoms with Gasteiger partial charge in [0.15, 0.2) is 0 Å². The normalized spacial score (nSPS) is 11.7. The van der Waals surface area contributed by atoms with E-state index in [-0.39, 0.29) is 10.9 Å². The summed E-state index contributed by atoms with van der Waals surface area (Å²) in [5, 5.41) is 1.82. The molecule has 0 aliphatic heterocycles. The maximum atomic E-state index is 12.7. The monoisotopic (exact) mass is 314 g/mol. The minimum Gasteiger partial charge on any atom is -0.456 e. The second-order valence-electron chi connectivity index (χ2n) is 5.70. The average molecular weight is 314 g/mol. The van der Waals surface area contributed by atoms with E-state index in [1.165, 1.54) is 0 Å². The standard InChI is InChI=1S/C20H10O4/c21-19-11-5-1-3-7-15(11)23-17-10-14-18(9-13(17)19)24-16-8-4-2-6-12(16)20(14)22/h1-10H. The van der Waals surface area contributed by atoms with Gasteiger partial charge in [-0.1, -0.05) is 24.3 Å². The molecule has 0 saturated carbocycles. The quantitative estimate of drug-likeness (QED) is 0.402. The maximum absolute atomic E-state index is 12.7. The Morgan fingerprint density at radius 2 is 0.917 bits per heavy atom. The molecule has 4 heteroatoms. The summed E-state index contributed by atoms with van der Waals surface area (Å²) < 4.78 is 11.6. The van der Waals surface area contributed by atoms with Crippen LogP contribution in [-0.2, 0) is 0 Å². The molecular weight excluding hydrogens is 304 g/mol. The summed E-state index contributed by atoms with van der Waals surface area (Å²) in [6.07, 6.45) is 0. The van der Waals surface area contributed by atoms with Crippen molar-refractivity contribution in [2.75, 3.05) is 0 Å². The van der Waals surface area contributed by atoms with E-state index in [2.05, 4.69) is 0 Å². The lowest BCUT2D eigenvalue weighted by molar-refractivity contribution is 0.652. The highest BCUT2D eigenvalue weighted by Crippen LogP contribution is 2.25. The molecule has 0 N–H and O–H groups in total. The summed E-state index contributed by atoms with van der Waals surface area (Å²) in [6.45, 7) is 0. The van der Waals surface area contributed by atoms with Crippen LogP contribution in [0.5, 0.6) is 0 Å². The van der Waals surface area contributed by atoms with Crippen LogP contribution in [0.3, 0.4) is 0 Å². The van der Waals surface area contributed by atoms with Crippen molar-refractivity contribution in [2.45, 2.75) is 0 Å². The van der Waals surface area contributed by atoms with E-state index < -0.39 is 0 Å². The summed E-state index contributed by atoms with van der Waals surface area (Å²) in [7, 11) is 0. The third kappa shape index (κ3) is 1.68. The second kappa shape index (κ2) is 4.55. The Balaban J connectivity index is 2.05. The fraction of sp³-hybridized carbons (Fsp3) is 0. The minimum absolute atomic E-state index is 0.135. The molecule has 4 nitrogen and oxygen atoms in total. The van der Waals surface area contributed by atoms with Crippen molar-refractivity contribution >= 4 is 43.9 Å². The summed E-state index contributed by atoms with van der Waals surface area (Å²) in [6, 6.07) is 17.3. The van der Waals surface area contributed by atoms with E-state index in [4.69, 9.17) is 8.83 Å². The van der Waals surface area contributed by atoms with Gasteiger partial charge in [0.25, 0.3) is 0 Å². The first-order valence-electron chi connectivity index (χ1n) is 7.53. The Kier molecular flexibility index (Phi) is 2.48. The molecule has 5 aromatic rings. The van der Waals surface area contributed by atoms with Crippen LogP contribution in [0.1, 0.15) is 0 Å². The smallest absolute Gasteiger partial charge is 0.200 e. The van der Waals surface area contributed by atoms with Gasteiger partial charge in [-0.05, 0) is 36.4 Å². The number of benzene rings is 3. The fourth-order valence-electron chi connectivity index (χ4n) is 3.10. The van der Waals surface area contributed by atoms with Crippen LogP contribution < -0.4 is 10.9 Å². The maximum Gasteiger partial charge on any atom is 0.200 e. The SMILES string of the molecule is O=c1c2ccccc2oc2cc3c(=O)c4ccccc4oc3cc12. The van der Waals surface area contributed by atoms with E-state index in [1.807, 2.05) is 0 Å². The molecule has 3 aromatic carbocycles. The molecule has 5 rings (SSSR count). The molecule has 2 aromatic heterocycles. The van der Waals surface area contributed by atoms with Gasteiger partial charge in [-0.3, -0.25) is 9.59 Å². The van der Waals surface area contributed by atoms with E-state index in [1.54, 1.807) is 60.7 Å². The van der Waals surface area contributed by atoms with Crippen LogP contribution >= 0.6 is 0 Å². The van der Waals surface area contributed by atoms with Gasteiger partial charge >= 0.3 is 0 Å². The van der Waals surface area contributed by atoms with Crippen LogP contribution in [0.2, 0.25) is 0 Å². The van der Waals surface area contributed by atoms with Gasteiger partial charge in [-0.2, -0.15) is 0 Å². The van der Waals surface area contributed by atoms with Crippen molar-refractivity contribution in [2.24, 2.45) is 0 Å². The molecule has 0 aliphatic carbocycles. The van der Waals surface area contributed by atoms with Crippen molar-refractivity contribution < 1.29 is 8.83 Å². The summed E-state index contributed by atoms with van der Waals surface area (Å²) in [5.41, 5.74) is 1.50. The Morgan fingerprint density at radius 1 is 0.500 bits per heavy atom. The number of hydrogen-bond donors (Lipinski definition) is 0. The van der Waals surface area contributed by atoms with Gasteiger partial charge in [0.2, 0.25) is 10.9 Å². The van der Waals surface area contributed by atoms with Gasteiger partial charge in [0.1, 0.15) is 22.3 Å². The molecule has 0 radical (unpaired) electrons. The molecule has 0 bridgehead atoms. The van der Waals surface area contributed by atoms with E-state index >= 15 is 0 Å². The van der Waals surface area contributed by atoms with Crippen LogP contribution in [0.4, 0.5) is 0 Å². The first-order chi connectivity index (χ1) is 11.7. The highest BCUT2D eigenvalue weighted by molar-refractivity contribution is 5.99. The van der Waals surface area contributed by atoms with E-state index in [9.17, 15) is 9.59 Å². The van der Waals surface area contributed by atoms with E-state index in [0.29, 0.717) is 43.9 Å². The van der Waals surface area contributed by atoms with Crippen molar-refractivity contribution in [3.8, 4) is 0 Å². The third-order valence-corrected chi connectivity index (χ3v) is 4.27. The van der Waals surface area contributed by atoms with Gasteiger partial charge in [0.05, 0.1) is 21.5 Å². The largest absolute Gasteiger partial charge is 0.456 e. The Bertz CT molecular complexity index is 1280. The van der Waals surface area contributed by atoms with Gasteiger partial charge in [-0.25, -0.2) is 0 Å². The van der Waals surface area contributed by atoms with Crippen LogP contribution in [-0.4, -0.2) is 0 Å². The molecule has 0 fully saturated rings. The lowest BCUT2D eigenvalue weighted by Crippen LogP contribution is -2.05. The summed E-state index contributed by atoms with van der Waals surface area (Å²) in [4.78, 5) is 25.4. The molecule has 2 heterocycles. The molecule has 0 spiro atoms. The summed E-state index contributed by atoms with van der Waals surface area (Å²) >= 11 is 0. The predicted octanol–water partition coefficient (Wildman–Crippen LogP) is 4.21. The molecule has 0 amide bonds. The Labute approximate surface area is 134 Å². The molecule has 0 atom stereocenters. The van der Waals surface area contributed by atoms with Crippen LogP contribution in [0, 0.1) is 0 Å². The third-order valence-electron chi connectivity index (χ3n) is 4.27. The van der Waals surface area contributed by atoms with Gasteiger partial charge in [-0.15, -0.1) is 0 Å². The molecule has 114 valence electrons. The number of hydrogen-bond acceptors (Lipinski definition) is 4. The molecule has 0 saturated heterocycles. The number of para-hydroxylation sites is 2. The average Bonchev–Trinajstić information content (AvgIpc) is 2.62. The van der Waals surface area contributed by atoms with Gasteiger partial charge in [0, 0.05) is 0 Å². The predicted molar refractivity (Wildman–Crippen MR) is 93.5 cm³/mol. The zero-order valence-electron chi connectivity index (χ0n) is 12.4. The first-order valence-corrected chi connectivity index (χ1v) is 7.53. The molecular formula is C20H10O4. The summed E-state index contributed by atoms with van der Waals surface area (Å²) in [5.74, 6) is 0. The molecule has 0 aliphatic rings. The highest BCUT2D eigenvalue weighted by Gasteiger charge is 2.13. The topological polar surface area (TPSA) is 60.4 Å². The van der Waals surface area contributed by atoms with Crippen LogP contribution in [0.25, 0.3) is 43.9 Å². The van der Waals surface area contributed by atoms with E-state index in [0.717, 1.165) is 0 Å². The lowest BCUT2D eigenvalue weighted by atomic mass is 10.1. The van der Waals surface area contributed by atoms with Crippen molar-refractivity contribution in [3.63, 3.8) is 0 Å². The Morgan fingerprint density at radius 3 is 1.38 bits per heavy atom. The zero-order valence-corrected chi connectivity index (χ0v) is 12.4. The molecule has 0 unspecified atom stereocenters. The lowest BCUT2D eigenvalue weighted by Gasteiger charge is -2.04.